The minimum Gasteiger partial charge on any atom is -0.496 e. The largest absolute Gasteiger partial charge is 0.496 e. The Balaban J connectivity index is 1.96. The molecule has 0 spiro atoms. The van der Waals surface area contributed by atoms with Gasteiger partial charge in [-0.25, -0.2) is 0 Å². The zero-order chi connectivity index (χ0) is 18.7. The van der Waals surface area contributed by atoms with Gasteiger partial charge in [0.1, 0.15) is 17.3 Å². The van der Waals surface area contributed by atoms with Gasteiger partial charge in [-0.05, 0) is 19.4 Å². The average Bonchev–Trinajstić information content (AvgIpc) is 3.20. The molecule has 0 bridgehead atoms. The van der Waals surface area contributed by atoms with Crippen molar-refractivity contribution in [1.29, 1.82) is 0 Å². The molecule has 0 unspecified atom stereocenters. The van der Waals surface area contributed by atoms with Gasteiger partial charge in [-0.3, -0.25) is 9.48 Å². The highest BCUT2D eigenvalue weighted by Crippen LogP contribution is 2.37. The van der Waals surface area contributed by atoms with Gasteiger partial charge in [-0.1, -0.05) is 30.3 Å². The number of hydrogen-bond acceptors (Lipinski definition) is 5. The van der Waals surface area contributed by atoms with Crippen molar-refractivity contribution < 1.29 is 14.1 Å². The van der Waals surface area contributed by atoms with E-state index in [0.29, 0.717) is 17.3 Å². The lowest BCUT2D eigenvalue weighted by Crippen LogP contribution is -2.15. The van der Waals surface area contributed by atoms with Crippen LogP contribution in [0.15, 0.2) is 34.9 Å². The lowest BCUT2D eigenvalue weighted by molar-refractivity contribution is 0.101. The summed E-state index contributed by atoms with van der Waals surface area (Å²) in [7, 11) is 3.40. The number of carbonyl (C=O) groups excluding carboxylic acids is 1. The van der Waals surface area contributed by atoms with Crippen molar-refractivity contribution in [2.75, 3.05) is 12.4 Å². The Morgan fingerprint density at radius 1 is 1.35 bits per heavy atom. The monoisotopic (exact) mass is 354 g/mol. The van der Waals surface area contributed by atoms with Gasteiger partial charge >= 0.3 is 0 Å². The fraction of sp³-hybridized carbons (Fsp3) is 0.316. The lowest BCUT2D eigenvalue weighted by atomic mass is 10.0. The van der Waals surface area contributed by atoms with Crippen LogP contribution < -0.4 is 10.1 Å². The minimum absolute atomic E-state index is 0.248. The Bertz CT molecular complexity index is 927. The van der Waals surface area contributed by atoms with E-state index in [0.717, 1.165) is 29.7 Å². The number of ether oxygens (including phenoxy) is 1. The van der Waals surface area contributed by atoms with Crippen molar-refractivity contribution in [2.24, 2.45) is 7.05 Å². The zero-order valence-corrected chi connectivity index (χ0v) is 15.4. The van der Waals surface area contributed by atoms with E-state index in [4.69, 9.17) is 9.26 Å². The topological polar surface area (TPSA) is 82.2 Å². The summed E-state index contributed by atoms with van der Waals surface area (Å²) in [6, 6.07) is 9.31. The minimum atomic E-state index is -0.338. The first-order valence-electron chi connectivity index (χ1n) is 8.49. The van der Waals surface area contributed by atoms with E-state index < -0.39 is 0 Å². The molecule has 0 radical (unpaired) electrons. The van der Waals surface area contributed by atoms with Crippen LogP contribution in [0.1, 0.15) is 35.3 Å². The summed E-state index contributed by atoms with van der Waals surface area (Å²) in [6.45, 7) is 3.94. The molecule has 1 amide bonds. The van der Waals surface area contributed by atoms with Crippen LogP contribution in [0.3, 0.4) is 0 Å². The van der Waals surface area contributed by atoms with Crippen LogP contribution in [0.25, 0.3) is 11.1 Å². The Hall–Kier alpha value is -3.09. The van der Waals surface area contributed by atoms with Crippen LogP contribution in [-0.2, 0) is 13.5 Å². The molecule has 0 fully saturated rings. The maximum Gasteiger partial charge on any atom is 0.279 e. The number of aryl methyl sites for hydroxylation is 3. The van der Waals surface area contributed by atoms with Crippen LogP contribution in [-0.4, -0.2) is 28.0 Å². The summed E-state index contributed by atoms with van der Waals surface area (Å²) in [5.74, 6) is 1.65. The first-order chi connectivity index (χ1) is 12.5. The lowest BCUT2D eigenvalue weighted by Gasteiger charge is -2.11. The molecule has 1 N–H and O–H groups in total. The number of aromatic nitrogens is 3. The molecule has 0 aliphatic rings. The summed E-state index contributed by atoms with van der Waals surface area (Å²) in [5.41, 5.74) is 2.72. The van der Waals surface area contributed by atoms with Gasteiger partial charge < -0.3 is 14.6 Å². The second-order valence-corrected chi connectivity index (χ2v) is 6.02. The maximum absolute atomic E-state index is 12.6. The molecule has 136 valence electrons. The van der Waals surface area contributed by atoms with Gasteiger partial charge in [-0.2, -0.15) is 5.10 Å². The molecule has 7 heteroatoms. The first kappa shape index (κ1) is 17.7. The fourth-order valence-electron chi connectivity index (χ4n) is 2.93. The third-order valence-electron chi connectivity index (χ3n) is 4.12. The summed E-state index contributed by atoms with van der Waals surface area (Å²) >= 11 is 0. The molecular weight excluding hydrogens is 332 g/mol. The second kappa shape index (κ2) is 7.43. The van der Waals surface area contributed by atoms with E-state index in [-0.39, 0.29) is 11.6 Å². The van der Waals surface area contributed by atoms with Gasteiger partial charge in [-0.15, -0.1) is 0 Å². The van der Waals surface area contributed by atoms with Gasteiger partial charge in [0.15, 0.2) is 5.69 Å². The smallest absolute Gasteiger partial charge is 0.279 e. The number of nitrogens with one attached hydrogen (secondary N) is 1. The highest BCUT2D eigenvalue weighted by molar-refractivity contribution is 6.04. The van der Waals surface area contributed by atoms with Crippen molar-refractivity contribution in [1.82, 2.24) is 14.9 Å². The Morgan fingerprint density at radius 3 is 2.85 bits per heavy atom. The molecule has 3 rings (SSSR count). The standard InChI is InChI=1S/C19H22N4O3/c1-5-8-13-11-15(22-26-13)19(24)20-18-17(12(2)21-23(18)3)14-9-6-7-10-16(14)25-4/h6-7,9-11H,5,8H2,1-4H3,(H,20,24). The SMILES string of the molecule is CCCc1cc(C(=O)Nc2c(-c3ccccc3OC)c(C)nn2C)no1. The number of hydrogen-bond donors (Lipinski definition) is 1. The molecule has 7 nitrogen and oxygen atoms in total. The zero-order valence-electron chi connectivity index (χ0n) is 15.4. The van der Waals surface area contributed by atoms with Crippen molar-refractivity contribution in [3.8, 4) is 16.9 Å². The maximum atomic E-state index is 12.6. The van der Waals surface area contributed by atoms with Crippen molar-refractivity contribution in [2.45, 2.75) is 26.7 Å². The number of benzene rings is 1. The van der Waals surface area contributed by atoms with E-state index in [2.05, 4.69) is 15.6 Å². The summed E-state index contributed by atoms with van der Waals surface area (Å²) in [4.78, 5) is 12.6. The number of amides is 1. The molecule has 0 saturated carbocycles. The van der Waals surface area contributed by atoms with Crippen molar-refractivity contribution in [3.63, 3.8) is 0 Å². The van der Waals surface area contributed by atoms with E-state index in [1.807, 2.05) is 38.1 Å². The van der Waals surface area contributed by atoms with E-state index >= 15 is 0 Å². The molecule has 0 aliphatic carbocycles. The van der Waals surface area contributed by atoms with Crippen LogP contribution in [0.5, 0.6) is 5.75 Å². The van der Waals surface area contributed by atoms with Crippen LogP contribution in [0.4, 0.5) is 5.82 Å². The van der Waals surface area contributed by atoms with Crippen LogP contribution in [0, 0.1) is 6.92 Å². The highest BCUT2D eigenvalue weighted by atomic mass is 16.5. The van der Waals surface area contributed by atoms with Crippen molar-refractivity contribution in [3.05, 3.63) is 47.5 Å². The summed E-state index contributed by atoms with van der Waals surface area (Å²) < 4.78 is 12.3. The number of nitrogens with zero attached hydrogens (tertiary/aromatic N) is 3. The molecule has 3 aromatic rings. The highest BCUT2D eigenvalue weighted by Gasteiger charge is 2.22. The second-order valence-electron chi connectivity index (χ2n) is 6.02. The molecule has 0 saturated heterocycles. The predicted octanol–water partition coefficient (Wildman–Crippen LogP) is 3.60. The number of para-hydroxylation sites is 1. The number of carbonyl (C=O) groups is 1. The Labute approximate surface area is 151 Å². The normalized spacial score (nSPS) is 10.8. The Kier molecular flexibility index (Phi) is 5.06. The van der Waals surface area contributed by atoms with E-state index in [9.17, 15) is 4.79 Å². The summed E-state index contributed by atoms with van der Waals surface area (Å²) in [6.07, 6.45) is 1.67. The molecule has 0 aliphatic heterocycles. The number of rotatable bonds is 6. The summed E-state index contributed by atoms with van der Waals surface area (Å²) in [5, 5.41) is 11.2. The van der Waals surface area contributed by atoms with Gasteiger partial charge in [0.25, 0.3) is 5.91 Å². The molecule has 0 atom stereocenters. The fourth-order valence-corrected chi connectivity index (χ4v) is 2.93. The van der Waals surface area contributed by atoms with Crippen LogP contribution in [0.2, 0.25) is 0 Å². The molecule has 2 heterocycles. The predicted molar refractivity (Wildman–Crippen MR) is 98.4 cm³/mol. The molecule has 2 aromatic heterocycles. The first-order valence-corrected chi connectivity index (χ1v) is 8.49. The van der Waals surface area contributed by atoms with Crippen LogP contribution >= 0.6 is 0 Å². The molecular formula is C19H22N4O3. The van der Waals surface area contributed by atoms with Gasteiger partial charge in [0.2, 0.25) is 0 Å². The molecule has 26 heavy (non-hydrogen) atoms. The van der Waals surface area contributed by atoms with E-state index in [1.165, 1.54) is 0 Å². The van der Waals surface area contributed by atoms with E-state index in [1.54, 1.807) is 24.9 Å². The number of anilines is 1. The average molecular weight is 354 g/mol. The molecule has 1 aromatic carbocycles. The third kappa shape index (κ3) is 3.33. The van der Waals surface area contributed by atoms with Gasteiger partial charge in [0.05, 0.1) is 18.4 Å². The quantitative estimate of drug-likeness (QED) is 0.731. The van der Waals surface area contributed by atoms with Gasteiger partial charge in [0, 0.05) is 25.1 Å². The third-order valence-corrected chi connectivity index (χ3v) is 4.12. The Morgan fingerprint density at radius 2 is 2.12 bits per heavy atom. The number of methoxy groups -OCH3 is 1. The van der Waals surface area contributed by atoms with Crippen molar-refractivity contribution >= 4 is 11.7 Å².